The Balaban J connectivity index is 1.35. The highest BCUT2D eigenvalue weighted by atomic mass is 32.2. The van der Waals surface area contributed by atoms with Gasteiger partial charge in [-0.1, -0.05) is 0 Å². The number of aromatic amines is 1. The molecule has 4 N–H and O–H groups in total. The van der Waals surface area contributed by atoms with E-state index in [1.807, 2.05) is 0 Å². The number of benzene rings is 2. The number of sulfonamides is 1. The number of halogens is 2. The second kappa shape index (κ2) is 10.8. The first-order valence-electron chi connectivity index (χ1n) is 13.0. The molecule has 0 radical (unpaired) electrons. The first kappa shape index (κ1) is 28.6. The summed E-state index contributed by atoms with van der Waals surface area (Å²) in [6.07, 6.45) is 2.32. The molecule has 1 saturated heterocycles. The van der Waals surface area contributed by atoms with Crippen LogP contribution >= 0.6 is 0 Å². The molecule has 0 atom stereocenters. The van der Waals surface area contributed by atoms with Crippen LogP contribution in [-0.2, 0) is 22.1 Å². The number of aromatic nitrogens is 2. The number of likely N-dealkylation sites (tertiary alicyclic amines) is 1. The van der Waals surface area contributed by atoms with E-state index in [2.05, 4.69) is 20.4 Å². The van der Waals surface area contributed by atoms with Crippen molar-refractivity contribution in [2.45, 2.75) is 43.7 Å². The summed E-state index contributed by atoms with van der Waals surface area (Å²) >= 11 is 0. The average Bonchev–Trinajstić information content (AvgIpc) is 3.62. The molecule has 0 bridgehead atoms. The van der Waals surface area contributed by atoms with Crippen LogP contribution in [0.4, 0.5) is 14.6 Å². The Bertz CT molecular complexity index is 1600. The van der Waals surface area contributed by atoms with Gasteiger partial charge in [-0.05, 0) is 70.1 Å². The lowest BCUT2D eigenvalue weighted by Crippen LogP contribution is -2.40. The van der Waals surface area contributed by atoms with Gasteiger partial charge in [0, 0.05) is 24.7 Å². The molecule has 2 amide bonds. The predicted molar refractivity (Wildman–Crippen MR) is 145 cm³/mol. The van der Waals surface area contributed by atoms with Crippen LogP contribution in [-0.4, -0.2) is 65.9 Å². The number of nitrogens with one attached hydrogen (secondary N) is 2. The van der Waals surface area contributed by atoms with Crippen LogP contribution < -0.4 is 15.8 Å². The van der Waals surface area contributed by atoms with Gasteiger partial charge >= 0.3 is 0 Å². The highest BCUT2D eigenvalue weighted by Crippen LogP contribution is 2.44. The van der Waals surface area contributed by atoms with Crippen molar-refractivity contribution in [3.05, 3.63) is 70.4 Å². The van der Waals surface area contributed by atoms with E-state index in [4.69, 9.17) is 10.5 Å². The van der Waals surface area contributed by atoms with Crippen molar-refractivity contribution < 1.29 is 31.5 Å². The number of hydrogen-bond donors (Lipinski definition) is 3. The second-order valence-corrected chi connectivity index (χ2v) is 12.4. The van der Waals surface area contributed by atoms with E-state index in [9.17, 15) is 26.8 Å². The maximum atomic E-state index is 13.8. The fraction of sp³-hybridized carbons (Fsp3) is 0.370. The van der Waals surface area contributed by atoms with Crippen molar-refractivity contribution in [3.8, 4) is 5.75 Å². The summed E-state index contributed by atoms with van der Waals surface area (Å²) in [6, 6.07) is 6.47. The number of anilines is 1. The monoisotopic (exact) mass is 588 g/mol. The molecule has 11 nitrogen and oxygen atoms in total. The summed E-state index contributed by atoms with van der Waals surface area (Å²) in [6.45, 7) is 6.18. The normalized spacial score (nSPS) is 17.0. The van der Waals surface area contributed by atoms with Crippen LogP contribution in [0.1, 0.15) is 58.7 Å². The maximum Gasteiger partial charge on any atom is 0.257 e. The number of carbonyl (C=O) groups is 2. The zero-order valence-corrected chi connectivity index (χ0v) is 23.4. The van der Waals surface area contributed by atoms with Gasteiger partial charge in [-0.15, -0.1) is 0 Å². The van der Waals surface area contributed by atoms with E-state index in [1.54, 1.807) is 19.9 Å². The highest BCUT2D eigenvalue weighted by Gasteiger charge is 2.48. The number of rotatable bonds is 9. The Kier molecular flexibility index (Phi) is 7.57. The number of nitrogens with zero attached hydrogens (tertiary/aromatic N) is 3. The molecule has 0 saturated carbocycles. The topological polar surface area (TPSA) is 151 Å². The number of hydrogen-bond acceptors (Lipinski definition) is 7. The predicted octanol–water partition coefficient (Wildman–Crippen LogP) is 2.95. The standard InChI is InChI=1S/C27H30F2N6O5S/c1-27(2)23-22(15-35(27)41(38,39)19-12-16(28)11-17(29)13-19)25(33-32-23)31-26(37)20-6-5-18(14-21(20)24(30)36)40-10-9-34-7-3-4-8-34/h5-6,11-14H,3-4,7-10,15H2,1-2H3,(H2,30,36)(H2,31,32,33,37). The summed E-state index contributed by atoms with van der Waals surface area (Å²) in [7, 11) is -4.35. The van der Waals surface area contributed by atoms with E-state index in [-0.39, 0.29) is 23.5 Å². The van der Waals surface area contributed by atoms with Crippen molar-refractivity contribution in [3.63, 3.8) is 0 Å². The van der Waals surface area contributed by atoms with Crippen molar-refractivity contribution in [1.82, 2.24) is 19.4 Å². The Morgan fingerprint density at radius 3 is 2.44 bits per heavy atom. The van der Waals surface area contributed by atoms with E-state index < -0.39 is 43.9 Å². The quantitative estimate of drug-likeness (QED) is 0.348. The third kappa shape index (κ3) is 5.54. The molecular formula is C27H30F2N6O5S. The second-order valence-electron chi connectivity index (χ2n) is 10.5. The number of primary amides is 1. The number of carbonyl (C=O) groups excluding carboxylic acids is 2. The lowest BCUT2D eigenvalue weighted by molar-refractivity contribution is 0.0976. The smallest absolute Gasteiger partial charge is 0.257 e. The molecule has 2 aliphatic rings. The molecular weight excluding hydrogens is 558 g/mol. The minimum atomic E-state index is -4.35. The summed E-state index contributed by atoms with van der Waals surface area (Å²) in [5.41, 5.74) is 5.06. The summed E-state index contributed by atoms with van der Waals surface area (Å²) in [4.78, 5) is 27.2. The van der Waals surface area contributed by atoms with Crippen LogP contribution in [0.3, 0.4) is 0 Å². The number of nitrogens with two attached hydrogens (primary N) is 1. The zero-order chi connectivity index (χ0) is 29.5. The lowest BCUT2D eigenvalue weighted by atomic mass is 10.0. The highest BCUT2D eigenvalue weighted by molar-refractivity contribution is 7.89. The minimum Gasteiger partial charge on any atom is -0.492 e. The summed E-state index contributed by atoms with van der Waals surface area (Å²) in [5, 5.41) is 9.53. The Labute approximate surface area is 235 Å². The Morgan fingerprint density at radius 1 is 1.10 bits per heavy atom. The fourth-order valence-electron chi connectivity index (χ4n) is 5.27. The van der Waals surface area contributed by atoms with Gasteiger partial charge in [0.2, 0.25) is 15.9 Å². The van der Waals surface area contributed by atoms with E-state index in [0.717, 1.165) is 48.9 Å². The van der Waals surface area contributed by atoms with Crippen LogP contribution in [0.25, 0.3) is 0 Å². The van der Waals surface area contributed by atoms with Gasteiger partial charge in [-0.3, -0.25) is 19.6 Å². The van der Waals surface area contributed by atoms with Gasteiger partial charge < -0.3 is 15.8 Å². The molecule has 2 aromatic carbocycles. The number of fused-ring (bicyclic) bond motifs is 1. The van der Waals surface area contributed by atoms with Gasteiger partial charge in [0.05, 0.1) is 27.3 Å². The molecule has 3 heterocycles. The number of amides is 2. The first-order valence-corrected chi connectivity index (χ1v) is 14.5. The third-order valence-corrected chi connectivity index (χ3v) is 9.43. The van der Waals surface area contributed by atoms with Crippen LogP contribution in [0.15, 0.2) is 41.3 Å². The molecule has 218 valence electrons. The Morgan fingerprint density at radius 2 is 1.78 bits per heavy atom. The number of H-pyrrole nitrogens is 1. The van der Waals surface area contributed by atoms with Gasteiger partial charge in [-0.25, -0.2) is 17.2 Å². The minimum absolute atomic E-state index is 0.0156. The van der Waals surface area contributed by atoms with Gasteiger partial charge in [0.25, 0.3) is 5.91 Å². The van der Waals surface area contributed by atoms with E-state index in [0.29, 0.717) is 29.7 Å². The number of ether oxygens (including phenoxy) is 1. The van der Waals surface area contributed by atoms with Crippen molar-refractivity contribution in [2.24, 2.45) is 5.73 Å². The van der Waals surface area contributed by atoms with Crippen LogP contribution in [0, 0.1) is 11.6 Å². The van der Waals surface area contributed by atoms with Crippen LogP contribution in [0.2, 0.25) is 0 Å². The fourth-order valence-corrected chi connectivity index (χ4v) is 7.04. The molecule has 0 aliphatic carbocycles. The summed E-state index contributed by atoms with van der Waals surface area (Å²) in [5.74, 6) is -3.13. The van der Waals surface area contributed by atoms with Gasteiger partial charge in [-0.2, -0.15) is 9.40 Å². The largest absolute Gasteiger partial charge is 0.492 e. The van der Waals surface area contributed by atoms with E-state index in [1.165, 1.54) is 12.1 Å². The molecule has 3 aromatic rings. The van der Waals surface area contributed by atoms with Crippen LogP contribution in [0.5, 0.6) is 5.75 Å². The lowest BCUT2D eigenvalue weighted by Gasteiger charge is -2.30. The molecule has 1 aromatic heterocycles. The van der Waals surface area contributed by atoms with Gasteiger partial charge in [0.1, 0.15) is 24.0 Å². The van der Waals surface area contributed by atoms with Crippen molar-refractivity contribution in [2.75, 3.05) is 31.6 Å². The molecule has 5 rings (SSSR count). The molecule has 0 spiro atoms. The molecule has 2 aliphatic heterocycles. The SMILES string of the molecule is CC1(C)c2[nH]nc(NC(=O)c3ccc(OCCN4CCCC4)cc3C(N)=O)c2CN1S(=O)(=O)c1cc(F)cc(F)c1. The Hall–Kier alpha value is -3.88. The molecule has 14 heteroatoms. The zero-order valence-electron chi connectivity index (χ0n) is 22.5. The first-order chi connectivity index (χ1) is 19.4. The third-order valence-electron chi connectivity index (χ3n) is 7.44. The molecule has 41 heavy (non-hydrogen) atoms. The average molecular weight is 589 g/mol. The summed E-state index contributed by atoms with van der Waals surface area (Å²) < 4.78 is 61.2. The van der Waals surface area contributed by atoms with Crippen molar-refractivity contribution in [1.29, 1.82) is 0 Å². The molecule has 0 unspecified atom stereocenters. The van der Waals surface area contributed by atoms with Crippen molar-refractivity contribution >= 4 is 27.7 Å². The maximum absolute atomic E-state index is 13.8. The van der Waals surface area contributed by atoms with E-state index >= 15 is 0 Å². The van der Waals surface area contributed by atoms with Gasteiger partial charge in [0.15, 0.2) is 5.82 Å². The molecule has 1 fully saturated rings.